The van der Waals surface area contributed by atoms with Crippen LogP contribution in [0.1, 0.15) is 24.0 Å². The molecule has 1 heterocycles. The minimum absolute atomic E-state index is 0.00367. The molecule has 0 bridgehead atoms. The van der Waals surface area contributed by atoms with E-state index in [1.54, 1.807) is 0 Å². The van der Waals surface area contributed by atoms with Crippen LogP contribution >= 0.6 is 23.2 Å². The van der Waals surface area contributed by atoms with Crippen molar-refractivity contribution in [2.45, 2.75) is 12.9 Å². The van der Waals surface area contributed by atoms with Gasteiger partial charge in [-0.25, -0.2) is 17.6 Å². The average Bonchev–Trinajstić information content (AvgIpc) is 2.67. The molecule has 0 amide bonds. The number of pyridine rings is 1. The molecular formula is C20H13Cl2F4NO2. The Labute approximate surface area is 172 Å². The summed E-state index contributed by atoms with van der Waals surface area (Å²) < 4.78 is 59.9. The van der Waals surface area contributed by atoms with Crippen LogP contribution in [0.25, 0.3) is 22.3 Å². The Kier molecular flexibility index (Phi) is 6.19. The van der Waals surface area contributed by atoms with Gasteiger partial charge < -0.3 is 9.72 Å². The van der Waals surface area contributed by atoms with Crippen molar-refractivity contribution in [3.8, 4) is 28.0 Å². The van der Waals surface area contributed by atoms with Crippen LogP contribution in [0, 0.1) is 0 Å². The summed E-state index contributed by atoms with van der Waals surface area (Å²) in [5, 5.41) is 0.218. The molecule has 1 N–H and O–H groups in total. The van der Waals surface area contributed by atoms with Crippen LogP contribution in [0.5, 0.6) is 5.75 Å². The molecule has 152 valence electrons. The first-order valence-corrected chi connectivity index (χ1v) is 8.95. The second-order valence-electron chi connectivity index (χ2n) is 6.00. The molecule has 0 atom stereocenters. The summed E-state index contributed by atoms with van der Waals surface area (Å²) in [6.07, 6.45) is -4.67. The van der Waals surface area contributed by atoms with Crippen molar-refractivity contribution in [1.82, 2.24) is 4.98 Å². The summed E-state index contributed by atoms with van der Waals surface area (Å²) in [5.41, 5.74) is -2.33. The maximum atomic E-state index is 13.7. The molecule has 0 saturated heterocycles. The number of aromatic nitrogens is 1. The number of hydrogen-bond acceptors (Lipinski definition) is 2. The number of rotatable bonds is 5. The van der Waals surface area contributed by atoms with Crippen LogP contribution in [-0.4, -0.2) is 12.1 Å². The van der Waals surface area contributed by atoms with E-state index in [9.17, 15) is 22.4 Å². The Hall–Kier alpha value is -2.51. The minimum Gasteiger partial charge on any atom is -0.495 e. The van der Waals surface area contributed by atoms with E-state index in [0.29, 0.717) is 0 Å². The van der Waals surface area contributed by atoms with E-state index >= 15 is 0 Å². The molecule has 3 nitrogen and oxygen atoms in total. The van der Waals surface area contributed by atoms with E-state index in [-0.39, 0.29) is 38.0 Å². The Morgan fingerprint density at radius 1 is 0.862 bits per heavy atom. The largest absolute Gasteiger partial charge is 0.495 e. The third-order valence-electron chi connectivity index (χ3n) is 4.32. The lowest BCUT2D eigenvalue weighted by molar-refractivity contribution is 0.151. The fourth-order valence-electron chi connectivity index (χ4n) is 3.07. The van der Waals surface area contributed by atoms with E-state index in [1.165, 1.54) is 37.6 Å². The lowest BCUT2D eigenvalue weighted by atomic mass is 9.90. The Morgan fingerprint density at radius 2 is 1.34 bits per heavy atom. The van der Waals surface area contributed by atoms with Crippen molar-refractivity contribution in [2.75, 3.05) is 7.11 Å². The lowest BCUT2D eigenvalue weighted by Gasteiger charge is -2.18. The van der Waals surface area contributed by atoms with Gasteiger partial charge in [0.2, 0.25) is 0 Å². The Balaban J connectivity index is 2.50. The van der Waals surface area contributed by atoms with Crippen LogP contribution in [-0.2, 0) is 0 Å². The van der Waals surface area contributed by atoms with Gasteiger partial charge in [-0.05, 0) is 35.4 Å². The van der Waals surface area contributed by atoms with Crippen LogP contribution in [0.3, 0.4) is 0 Å². The van der Waals surface area contributed by atoms with Gasteiger partial charge in [-0.3, -0.25) is 4.79 Å². The quantitative estimate of drug-likeness (QED) is 0.434. The maximum Gasteiger partial charge on any atom is 0.264 e. The number of nitrogens with one attached hydrogen (secondary N) is 1. The van der Waals surface area contributed by atoms with Crippen molar-refractivity contribution in [1.29, 1.82) is 0 Å². The van der Waals surface area contributed by atoms with Gasteiger partial charge >= 0.3 is 0 Å². The average molecular weight is 446 g/mol. The molecule has 0 unspecified atom stereocenters. The van der Waals surface area contributed by atoms with Gasteiger partial charge in [-0.1, -0.05) is 35.3 Å². The predicted molar refractivity (Wildman–Crippen MR) is 104 cm³/mol. The molecule has 0 spiro atoms. The minimum atomic E-state index is -2.94. The highest BCUT2D eigenvalue weighted by Gasteiger charge is 2.26. The number of aromatic amines is 1. The third kappa shape index (κ3) is 4.11. The van der Waals surface area contributed by atoms with Gasteiger partial charge in [0.1, 0.15) is 5.75 Å². The van der Waals surface area contributed by atoms with Crippen LogP contribution in [0.15, 0.2) is 47.4 Å². The highest BCUT2D eigenvalue weighted by atomic mass is 35.5. The number of alkyl halides is 4. The molecular weight excluding hydrogens is 433 g/mol. The standard InChI is InChI=1S/C20H13Cl2F4NO2/c1-29-15-8-27-20(28)17(14-7-10(22)3-5-12(14)19(25)26)16(15)13-6-9(21)2-4-11(13)18(23)24/h2-8,18-19H,1H3,(H,27,28). The van der Waals surface area contributed by atoms with Crippen molar-refractivity contribution >= 4 is 23.2 Å². The summed E-state index contributed by atoms with van der Waals surface area (Å²) in [5.74, 6) is 0.00367. The Morgan fingerprint density at radius 3 is 1.79 bits per heavy atom. The number of halogens is 6. The van der Waals surface area contributed by atoms with E-state index in [4.69, 9.17) is 27.9 Å². The lowest BCUT2D eigenvalue weighted by Crippen LogP contribution is -2.13. The zero-order valence-corrected chi connectivity index (χ0v) is 16.3. The fourth-order valence-corrected chi connectivity index (χ4v) is 3.41. The first-order valence-electron chi connectivity index (χ1n) is 8.20. The molecule has 0 fully saturated rings. The SMILES string of the molecule is COc1c[nH]c(=O)c(-c2cc(Cl)ccc2C(F)F)c1-c1cc(Cl)ccc1C(F)F. The maximum absolute atomic E-state index is 13.7. The zero-order chi connectivity index (χ0) is 21.3. The summed E-state index contributed by atoms with van der Waals surface area (Å²) in [7, 11) is 1.26. The number of benzene rings is 2. The van der Waals surface area contributed by atoms with Crippen LogP contribution < -0.4 is 10.3 Å². The molecule has 3 aromatic rings. The molecule has 2 aromatic carbocycles. The summed E-state index contributed by atoms with van der Waals surface area (Å²) >= 11 is 12.0. The number of H-pyrrole nitrogens is 1. The van der Waals surface area contributed by atoms with Crippen molar-refractivity contribution in [3.63, 3.8) is 0 Å². The smallest absolute Gasteiger partial charge is 0.264 e. The summed E-state index contributed by atoms with van der Waals surface area (Å²) in [6, 6.07) is 7.13. The highest BCUT2D eigenvalue weighted by molar-refractivity contribution is 6.31. The van der Waals surface area contributed by atoms with Gasteiger partial charge in [0.05, 0.1) is 12.7 Å². The number of hydrogen-bond donors (Lipinski definition) is 1. The van der Waals surface area contributed by atoms with E-state index in [0.717, 1.165) is 12.1 Å². The molecule has 0 radical (unpaired) electrons. The second kappa shape index (κ2) is 8.47. The topological polar surface area (TPSA) is 42.1 Å². The van der Waals surface area contributed by atoms with E-state index in [1.807, 2.05) is 0 Å². The molecule has 0 saturated carbocycles. The van der Waals surface area contributed by atoms with Gasteiger partial charge in [0.25, 0.3) is 18.4 Å². The van der Waals surface area contributed by atoms with Crippen molar-refractivity contribution < 1.29 is 22.3 Å². The molecule has 29 heavy (non-hydrogen) atoms. The zero-order valence-electron chi connectivity index (χ0n) is 14.8. The molecule has 9 heteroatoms. The van der Waals surface area contributed by atoms with Gasteiger partial charge in [-0.2, -0.15) is 0 Å². The van der Waals surface area contributed by atoms with E-state index < -0.39 is 29.5 Å². The molecule has 0 aliphatic heterocycles. The van der Waals surface area contributed by atoms with Crippen molar-refractivity contribution in [3.05, 3.63) is 74.1 Å². The second-order valence-corrected chi connectivity index (χ2v) is 6.87. The Bertz CT molecular complexity index is 1120. The van der Waals surface area contributed by atoms with Crippen molar-refractivity contribution in [2.24, 2.45) is 0 Å². The molecule has 0 aliphatic rings. The van der Waals surface area contributed by atoms with Crippen LogP contribution in [0.4, 0.5) is 17.6 Å². The third-order valence-corrected chi connectivity index (χ3v) is 4.79. The fraction of sp³-hybridized carbons (Fsp3) is 0.150. The summed E-state index contributed by atoms with van der Waals surface area (Å²) in [6.45, 7) is 0. The molecule has 1 aromatic heterocycles. The number of methoxy groups -OCH3 is 1. The normalized spacial score (nSPS) is 11.3. The van der Waals surface area contributed by atoms with E-state index in [2.05, 4.69) is 4.98 Å². The summed E-state index contributed by atoms with van der Waals surface area (Å²) in [4.78, 5) is 15.1. The predicted octanol–water partition coefficient (Wildman–Crippen LogP) is 6.90. The van der Waals surface area contributed by atoms with Crippen LogP contribution in [0.2, 0.25) is 10.0 Å². The molecule has 0 aliphatic carbocycles. The molecule has 3 rings (SSSR count). The van der Waals surface area contributed by atoms with Gasteiger partial charge in [0.15, 0.2) is 0 Å². The highest BCUT2D eigenvalue weighted by Crippen LogP contribution is 2.44. The first kappa shape index (κ1) is 21.2. The number of ether oxygens (including phenoxy) is 1. The van der Waals surface area contributed by atoms with Gasteiger partial charge in [0, 0.05) is 32.9 Å². The monoisotopic (exact) mass is 445 g/mol. The first-order chi connectivity index (χ1) is 13.7. The van der Waals surface area contributed by atoms with Gasteiger partial charge in [-0.15, -0.1) is 0 Å².